The summed E-state index contributed by atoms with van der Waals surface area (Å²) in [6.07, 6.45) is 4.66. The standard InChI is InChI=1S/C13H21N3O2S/c1-10(14-8-11-9-19-13(18)15-11)12(17)16-6-4-2-3-5-7-16/h9-10,14H,2-8H2,1H3,(H,15,18). The molecule has 2 N–H and O–H groups in total. The number of nitrogens with one attached hydrogen (secondary N) is 2. The van der Waals surface area contributed by atoms with Crippen LogP contribution in [0.4, 0.5) is 0 Å². The Morgan fingerprint density at radius 1 is 1.42 bits per heavy atom. The number of hydrogen-bond acceptors (Lipinski definition) is 4. The van der Waals surface area contributed by atoms with E-state index in [1.807, 2.05) is 11.8 Å². The van der Waals surface area contributed by atoms with Crippen LogP contribution in [-0.2, 0) is 11.3 Å². The molecule has 1 aromatic rings. The maximum atomic E-state index is 12.3. The molecule has 1 saturated heterocycles. The zero-order chi connectivity index (χ0) is 13.7. The zero-order valence-corrected chi connectivity index (χ0v) is 12.1. The number of H-pyrrole nitrogens is 1. The van der Waals surface area contributed by atoms with Gasteiger partial charge in [0.15, 0.2) is 0 Å². The van der Waals surface area contributed by atoms with Crippen LogP contribution in [0.5, 0.6) is 0 Å². The van der Waals surface area contributed by atoms with Crippen molar-refractivity contribution < 1.29 is 4.79 Å². The van der Waals surface area contributed by atoms with Gasteiger partial charge in [-0.25, -0.2) is 0 Å². The highest BCUT2D eigenvalue weighted by molar-refractivity contribution is 7.07. The SMILES string of the molecule is CC(NCc1csc(=O)[nH]1)C(=O)N1CCCCCC1. The topological polar surface area (TPSA) is 65.2 Å². The summed E-state index contributed by atoms with van der Waals surface area (Å²) in [6, 6.07) is -0.207. The number of carbonyl (C=O) groups excluding carboxylic acids is 1. The number of aromatic nitrogens is 1. The molecule has 0 bridgehead atoms. The minimum atomic E-state index is -0.207. The Labute approximate surface area is 117 Å². The van der Waals surface area contributed by atoms with Crippen LogP contribution in [0.15, 0.2) is 10.2 Å². The summed E-state index contributed by atoms with van der Waals surface area (Å²) in [5.41, 5.74) is 0.838. The van der Waals surface area contributed by atoms with Gasteiger partial charge < -0.3 is 15.2 Å². The minimum Gasteiger partial charge on any atom is -0.341 e. The van der Waals surface area contributed by atoms with Crippen molar-refractivity contribution in [1.29, 1.82) is 0 Å². The van der Waals surface area contributed by atoms with E-state index in [2.05, 4.69) is 10.3 Å². The largest absolute Gasteiger partial charge is 0.341 e. The average Bonchev–Trinajstić information content (AvgIpc) is 2.67. The lowest BCUT2D eigenvalue weighted by Gasteiger charge is -2.24. The highest BCUT2D eigenvalue weighted by atomic mass is 32.1. The number of hydrogen-bond donors (Lipinski definition) is 2. The van der Waals surface area contributed by atoms with E-state index in [0.29, 0.717) is 6.54 Å². The Hall–Kier alpha value is -1.14. The van der Waals surface area contributed by atoms with E-state index in [0.717, 1.165) is 43.0 Å². The third-order valence-corrected chi connectivity index (χ3v) is 4.18. The Bertz CT molecular complexity index is 460. The highest BCUT2D eigenvalue weighted by Crippen LogP contribution is 2.10. The van der Waals surface area contributed by atoms with E-state index in [-0.39, 0.29) is 16.8 Å². The Morgan fingerprint density at radius 3 is 2.68 bits per heavy atom. The van der Waals surface area contributed by atoms with E-state index >= 15 is 0 Å². The summed E-state index contributed by atoms with van der Waals surface area (Å²) in [4.78, 5) is 27.9. The predicted octanol–water partition coefficient (Wildman–Crippen LogP) is 1.32. The Balaban J connectivity index is 1.82. The van der Waals surface area contributed by atoms with Gasteiger partial charge in [0, 0.05) is 30.7 Å². The summed E-state index contributed by atoms with van der Waals surface area (Å²) in [5, 5.41) is 4.97. The predicted molar refractivity (Wildman–Crippen MR) is 76.3 cm³/mol. The number of carbonyl (C=O) groups is 1. The van der Waals surface area contributed by atoms with Crippen LogP contribution in [0.2, 0.25) is 0 Å². The smallest absolute Gasteiger partial charge is 0.304 e. The van der Waals surface area contributed by atoms with E-state index in [9.17, 15) is 9.59 Å². The number of nitrogens with zero attached hydrogens (tertiary/aromatic N) is 1. The summed E-state index contributed by atoms with van der Waals surface area (Å²) < 4.78 is 0. The van der Waals surface area contributed by atoms with E-state index in [4.69, 9.17) is 0 Å². The molecule has 0 radical (unpaired) electrons. The van der Waals surface area contributed by atoms with Crippen molar-refractivity contribution >= 4 is 17.2 Å². The third kappa shape index (κ3) is 4.18. The van der Waals surface area contributed by atoms with Gasteiger partial charge in [0.25, 0.3) is 0 Å². The van der Waals surface area contributed by atoms with Crippen LogP contribution < -0.4 is 10.2 Å². The van der Waals surface area contributed by atoms with Crippen LogP contribution in [-0.4, -0.2) is 34.9 Å². The molecule has 5 nitrogen and oxygen atoms in total. The van der Waals surface area contributed by atoms with Crippen molar-refractivity contribution in [2.75, 3.05) is 13.1 Å². The second-order valence-electron chi connectivity index (χ2n) is 5.02. The third-order valence-electron chi connectivity index (χ3n) is 3.46. The van der Waals surface area contributed by atoms with Gasteiger partial charge in [-0.05, 0) is 19.8 Å². The summed E-state index contributed by atoms with van der Waals surface area (Å²) >= 11 is 1.15. The van der Waals surface area contributed by atoms with Gasteiger partial charge in [-0.15, -0.1) is 0 Å². The fraction of sp³-hybridized carbons (Fsp3) is 0.692. The second kappa shape index (κ2) is 6.86. The molecule has 1 fully saturated rings. The van der Waals surface area contributed by atoms with Crippen LogP contribution in [0.25, 0.3) is 0 Å². The lowest BCUT2D eigenvalue weighted by molar-refractivity contribution is -0.133. The molecular weight excluding hydrogens is 262 g/mol. The van der Waals surface area contributed by atoms with Gasteiger partial charge in [-0.1, -0.05) is 24.2 Å². The molecule has 106 valence electrons. The van der Waals surface area contributed by atoms with Crippen molar-refractivity contribution in [3.05, 3.63) is 20.7 Å². The molecule has 1 aliphatic heterocycles. The zero-order valence-electron chi connectivity index (χ0n) is 11.3. The van der Waals surface area contributed by atoms with Crippen molar-refractivity contribution in [2.45, 2.75) is 45.2 Å². The lowest BCUT2D eigenvalue weighted by atomic mass is 10.2. The first-order chi connectivity index (χ1) is 9.16. The van der Waals surface area contributed by atoms with Gasteiger partial charge in [0.05, 0.1) is 6.04 Å². The minimum absolute atomic E-state index is 0.0525. The molecular formula is C13H21N3O2S. The quantitative estimate of drug-likeness (QED) is 0.876. The number of likely N-dealkylation sites (tertiary alicyclic amines) is 1. The molecule has 6 heteroatoms. The first kappa shape index (κ1) is 14.3. The van der Waals surface area contributed by atoms with Crippen molar-refractivity contribution in [3.63, 3.8) is 0 Å². The molecule has 1 atom stereocenters. The molecule has 1 aliphatic rings. The number of thiazole rings is 1. The molecule has 19 heavy (non-hydrogen) atoms. The van der Waals surface area contributed by atoms with Gasteiger partial charge in [-0.2, -0.15) is 0 Å². The maximum Gasteiger partial charge on any atom is 0.304 e. The Kier molecular flexibility index (Phi) is 5.15. The van der Waals surface area contributed by atoms with Crippen molar-refractivity contribution in [2.24, 2.45) is 0 Å². The summed E-state index contributed by atoms with van der Waals surface area (Å²) in [7, 11) is 0. The summed E-state index contributed by atoms with van der Waals surface area (Å²) in [5.74, 6) is 0.166. The fourth-order valence-corrected chi connectivity index (χ4v) is 2.90. The molecule has 2 heterocycles. The van der Waals surface area contributed by atoms with Gasteiger partial charge in [0.2, 0.25) is 5.91 Å². The molecule has 0 spiro atoms. The maximum absolute atomic E-state index is 12.3. The molecule has 0 aliphatic carbocycles. The van der Waals surface area contributed by atoms with Gasteiger partial charge in [-0.3, -0.25) is 9.59 Å². The van der Waals surface area contributed by atoms with E-state index < -0.39 is 0 Å². The molecule has 1 unspecified atom stereocenters. The number of aromatic amines is 1. The first-order valence-corrected chi connectivity index (χ1v) is 7.73. The average molecular weight is 283 g/mol. The van der Waals surface area contributed by atoms with Crippen LogP contribution >= 0.6 is 11.3 Å². The van der Waals surface area contributed by atoms with E-state index in [1.165, 1.54) is 12.8 Å². The molecule has 1 amide bonds. The highest BCUT2D eigenvalue weighted by Gasteiger charge is 2.20. The lowest BCUT2D eigenvalue weighted by Crippen LogP contribution is -2.45. The normalized spacial score (nSPS) is 18.1. The van der Waals surface area contributed by atoms with E-state index in [1.54, 1.807) is 5.38 Å². The van der Waals surface area contributed by atoms with Gasteiger partial charge in [0.1, 0.15) is 0 Å². The second-order valence-corrected chi connectivity index (χ2v) is 5.86. The summed E-state index contributed by atoms with van der Waals surface area (Å²) in [6.45, 7) is 4.16. The van der Waals surface area contributed by atoms with Gasteiger partial charge >= 0.3 is 4.87 Å². The fourth-order valence-electron chi connectivity index (χ4n) is 2.32. The number of amides is 1. The molecule has 0 saturated carbocycles. The molecule has 0 aromatic carbocycles. The first-order valence-electron chi connectivity index (χ1n) is 6.85. The van der Waals surface area contributed by atoms with Crippen LogP contribution in [0.3, 0.4) is 0 Å². The van der Waals surface area contributed by atoms with Crippen LogP contribution in [0, 0.1) is 0 Å². The van der Waals surface area contributed by atoms with Crippen molar-refractivity contribution in [1.82, 2.24) is 15.2 Å². The molecule has 1 aromatic heterocycles. The monoisotopic (exact) mass is 283 g/mol. The Morgan fingerprint density at radius 2 is 2.11 bits per heavy atom. The molecule has 2 rings (SSSR count). The van der Waals surface area contributed by atoms with Crippen molar-refractivity contribution in [3.8, 4) is 0 Å². The number of rotatable bonds is 4. The van der Waals surface area contributed by atoms with Crippen LogP contribution in [0.1, 0.15) is 38.3 Å².